The van der Waals surface area contributed by atoms with E-state index < -0.39 is 36.4 Å². The molecule has 12 heteroatoms. The number of amides is 2. The number of hydrogen-bond acceptors (Lipinski definition) is 7. The summed E-state index contributed by atoms with van der Waals surface area (Å²) in [5, 5.41) is 8.30. The van der Waals surface area contributed by atoms with Crippen LogP contribution in [0.5, 0.6) is 11.5 Å². The number of nitrogens with one attached hydrogen (secondary N) is 1. The average Bonchev–Trinajstić information content (AvgIpc) is 2.92. The maximum atomic E-state index is 13.1. The van der Waals surface area contributed by atoms with Crippen LogP contribution in [0, 0.1) is 0 Å². The topological polar surface area (TPSA) is 102 Å². The molecule has 4 rings (SSSR count). The minimum Gasteiger partial charge on any atom is -0.493 e. The summed E-state index contributed by atoms with van der Waals surface area (Å²) in [6.07, 6.45) is -4.33. The lowest BCUT2D eigenvalue weighted by atomic mass is 10.0. The first-order valence-corrected chi connectivity index (χ1v) is 11.5. The second kappa shape index (κ2) is 11.2. The molecule has 3 aromatic rings. The van der Waals surface area contributed by atoms with E-state index in [0.717, 1.165) is 11.1 Å². The van der Waals surface area contributed by atoms with Crippen LogP contribution in [0.4, 0.5) is 18.0 Å². The maximum absolute atomic E-state index is 13.1. The molecule has 0 fully saturated rings. The quantitative estimate of drug-likeness (QED) is 0.439. The van der Waals surface area contributed by atoms with Crippen molar-refractivity contribution < 1.29 is 37.0 Å². The van der Waals surface area contributed by atoms with Gasteiger partial charge in [-0.15, -0.1) is 13.2 Å². The Bertz CT molecular complexity index is 1320. The maximum Gasteiger partial charge on any atom is 0.573 e. The van der Waals surface area contributed by atoms with Crippen LogP contribution >= 0.6 is 0 Å². The number of carbonyl (C=O) groups is 2. The molecule has 2 heterocycles. The molecular formula is C26H23F3N4O5. The zero-order chi connectivity index (χ0) is 27.3. The summed E-state index contributed by atoms with van der Waals surface area (Å²) in [4.78, 5) is 30.0. The number of cyclic esters (lactones) is 1. The number of methoxy groups -OCH3 is 1. The Morgan fingerprint density at radius 1 is 1.11 bits per heavy atom. The molecule has 0 spiro atoms. The highest BCUT2D eigenvalue weighted by Crippen LogP contribution is 2.34. The number of hydrazone groups is 1. The monoisotopic (exact) mass is 528 g/mol. The third-order valence-electron chi connectivity index (χ3n) is 5.58. The molecule has 2 atom stereocenters. The first kappa shape index (κ1) is 26.5. The number of pyridine rings is 1. The second-order valence-electron chi connectivity index (χ2n) is 8.05. The molecule has 198 valence electrons. The van der Waals surface area contributed by atoms with E-state index in [1.54, 1.807) is 37.3 Å². The van der Waals surface area contributed by atoms with Crippen LogP contribution in [0.15, 0.2) is 78.2 Å². The Balaban J connectivity index is 1.75. The van der Waals surface area contributed by atoms with Crippen LogP contribution in [0.3, 0.4) is 0 Å². The number of carbonyl (C=O) groups excluding carboxylic acids is 2. The fraction of sp³-hybridized carbons (Fsp3) is 0.231. The van der Waals surface area contributed by atoms with Gasteiger partial charge in [0.15, 0.2) is 17.7 Å². The van der Waals surface area contributed by atoms with E-state index in [2.05, 4.69) is 20.1 Å². The van der Waals surface area contributed by atoms with Crippen LogP contribution in [-0.4, -0.2) is 47.3 Å². The smallest absolute Gasteiger partial charge is 0.493 e. The van der Waals surface area contributed by atoms with Gasteiger partial charge in [-0.2, -0.15) is 10.1 Å². The fourth-order valence-corrected chi connectivity index (χ4v) is 3.80. The molecule has 0 radical (unpaired) electrons. The Morgan fingerprint density at radius 2 is 1.82 bits per heavy atom. The number of nitrogens with zero attached hydrogens (tertiary/aromatic N) is 3. The summed E-state index contributed by atoms with van der Waals surface area (Å²) < 4.78 is 53.1. The van der Waals surface area contributed by atoms with Crippen LogP contribution < -0.4 is 14.8 Å². The highest BCUT2D eigenvalue weighted by molar-refractivity contribution is 6.06. The number of ether oxygens (including phenoxy) is 3. The summed E-state index contributed by atoms with van der Waals surface area (Å²) in [5.74, 6) is -1.21. The molecule has 1 aliphatic heterocycles. The van der Waals surface area contributed by atoms with Gasteiger partial charge in [-0.25, -0.2) is 4.79 Å². The molecule has 0 aliphatic carbocycles. The molecule has 2 amide bonds. The number of benzene rings is 2. The zero-order valence-corrected chi connectivity index (χ0v) is 20.3. The number of rotatable bonds is 8. The molecular weight excluding hydrogens is 505 g/mol. The molecule has 38 heavy (non-hydrogen) atoms. The van der Waals surface area contributed by atoms with Crippen LogP contribution in [-0.2, 0) is 4.74 Å². The predicted octanol–water partition coefficient (Wildman–Crippen LogP) is 5.05. The first-order chi connectivity index (χ1) is 18.2. The van der Waals surface area contributed by atoms with Crippen molar-refractivity contribution in [1.82, 2.24) is 15.3 Å². The van der Waals surface area contributed by atoms with Gasteiger partial charge in [0.25, 0.3) is 5.91 Å². The summed E-state index contributed by atoms with van der Waals surface area (Å²) in [6.45, 7) is 1.77. The van der Waals surface area contributed by atoms with Crippen molar-refractivity contribution in [2.75, 3.05) is 7.11 Å². The van der Waals surface area contributed by atoms with Gasteiger partial charge in [0.2, 0.25) is 0 Å². The zero-order valence-electron chi connectivity index (χ0n) is 20.3. The summed E-state index contributed by atoms with van der Waals surface area (Å²) in [7, 11) is 1.20. The van der Waals surface area contributed by atoms with Crippen molar-refractivity contribution >= 4 is 17.7 Å². The van der Waals surface area contributed by atoms with Gasteiger partial charge in [0, 0.05) is 23.5 Å². The van der Waals surface area contributed by atoms with Crippen molar-refractivity contribution in [2.45, 2.75) is 32.0 Å². The Hall–Kier alpha value is -4.61. The lowest BCUT2D eigenvalue weighted by Gasteiger charge is -2.34. The normalized spacial score (nSPS) is 16.2. The molecule has 0 bridgehead atoms. The van der Waals surface area contributed by atoms with E-state index in [-0.39, 0.29) is 11.5 Å². The molecule has 9 nitrogen and oxygen atoms in total. The molecule has 2 unspecified atom stereocenters. The van der Waals surface area contributed by atoms with Crippen molar-refractivity contribution in [3.8, 4) is 11.5 Å². The van der Waals surface area contributed by atoms with Gasteiger partial charge in [-0.3, -0.25) is 9.78 Å². The minimum atomic E-state index is -4.91. The number of alkyl halides is 3. The Morgan fingerprint density at radius 3 is 2.45 bits per heavy atom. The average molecular weight is 528 g/mol. The number of hydrogen-bond donors (Lipinski definition) is 1. The Labute approximate surface area is 215 Å². The Kier molecular flexibility index (Phi) is 7.79. The van der Waals surface area contributed by atoms with E-state index in [1.807, 2.05) is 0 Å². The SMILES string of the molecule is CCC1OC(=O)N(C(NC(=O)c2ccncc2)c2ccccc2)N=C1c1ccc(OC(F)(F)F)c(OC)c1. The van der Waals surface area contributed by atoms with Crippen molar-refractivity contribution in [1.29, 1.82) is 0 Å². The third kappa shape index (κ3) is 6.02. The molecule has 1 aliphatic rings. The molecule has 0 saturated heterocycles. The van der Waals surface area contributed by atoms with Crippen LogP contribution in [0.2, 0.25) is 0 Å². The molecule has 1 N–H and O–H groups in total. The van der Waals surface area contributed by atoms with Gasteiger partial charge in [0.05, 0.1) is 7.11 Å². The van der Waals surface area contributed by atoms with E-state index >= 15 is 0 Å². The number of halogens is 3. The molecule has 0 saturated carbocycles. The fourth-order valence-electron chi connectivity index (χ4n) is 3.80. The lowest BCUT2D eigenvalue weighted by Crippen LogP contribution is -2.48. The van der Waals surface area contributed by atoms with Crippen LogP contribution in [0.25, 0.3) is 0 Å². The van der Waals surface area contributed by atoms with E-state index in [4.69, 9.17) is 9.47 Å². The first-order valence-electron chi connectivity index (χ1n) is 11.5. The van der Waals surface area contributed by atoms with Crippen molar-refractivity contribution in [3.63, 3.8) is 0 Å². The number of aromatic nitrogens is 1. The summed E-state index contributed by atoms with van der Waals surface area (Å²) in [6, 6.07) is 15.5. The highest BCUT2D eigenvalue weighted by atomic mass is 19.4. The van der Waals surface area contributed by atoms with Crippen molar-refractivity contribution in [3.05, 3.63) is 89.7 Å². The van der Waals surface area contributed by atoms with Gasteiger partial charge in [-0.1, -0.05) is 37.3 Å². The highest BCUT2D eigenvalue weighted by Gasteiger charge is 2.37. The lowest BCUT2D eigenvalue weighted by molar-refractivity contribution is -0.275. The van der Waals surface area contributed by atoms with Gasteiger partial charge in [-0.05, 0) is 42.3 Å². The third-order valence-corrected chi connectivity index (χ3v) is 5.58. The van der Waals surface area contributed by atoms with Crippen LogP contribution in [0.1, 0.15) is 41.0 Å². The molecule has 1 aromatic heterocycles. The van der Waals surface area contributed by atoms with E-state index in [0.29, 0.717) is 23.1 Å². The van der Waals surface area contributed by atoms with Gasteiger partial charge in [0.1, 0.15) is 11.8 Å². The standard InChI is InChI=1S/C26H23F3N4O5/c1-3-19-22(18-9-10-20(21(15-18)36-2)38-26(27,28)29)32-33(25(35)37-19)23(16-7-5-4-6-8-16)31-24(34)17-11-13-30-14-12-17/h4-15,19,23H,3H2,1-2H3,(H,31,34). The van der Waals surface area contributed by atoms with E-state index in [1.165, 1.54) is 43.8 Å². The van der Waals surface area contributed by atoms with E-state index in [9.17, 15) is 22.8 Å². The van der Waals surface area contributed by atoms with Gasteiger partial charge < -0.3 is 19.5 Å². The summed E-state index contributed by atoms with van der Waals surface area (Å²) >= 11 is 0. The largest absolute Gasteiger partial charge is 0.573 e. The summed E-state index contributed by atoms with van der Waals surface area (Å²) in [5.41, 5.74) is 1.44. The van der Waals surface area contributed by atoms with Gasteiger partial charge >= 0.3 is 12.5 Å². The molecule has 2 aromatic carbocycles. The predicted molar refractivity (Wildman–Crippen MR) is 129 cm³/mol. The van der Waals surface area contributed by atoms with Crippen molar-refractivity contribution in [2.24, 2.45) is 5.10 Å². The minimum absolute atomic E-state index is 0.188. The second-order valence-corrected chi connectivity index (χ2v) is 8.05.